The fourth-order valence-electron chi connectivity index (χ4n) is 1.79. The minimum Gasteiger partial charge on any atom is -0.406 e. The Morgan fingerprint density at radius 2 is 1.88 bits per heavy atom. The first-order chi connectivity index (χ1) is 11.2. The minimum absolute atomic E-state index is 0.268. The number of halogens is 3. The molecule has 0 unspecified atom stereocenters. The van der Waals surface area contributed by atoms with Gasteiger partial charge in [-0.1, -0.05) is 0 Å². The van der Waals surface area contributed by atoms with E-state index in [2.05, 4.69) is 20.5 Å². The van der Waals surface area contributed by atoms with E-state index < -0.39 is 23.9 Å². The Bertz CT molecular complexity index is 726. The van der Waals surface area contributed by atoms with Gasteiger partial charge in [0.1, 0.15) is 11.4 Å². The lowest BCUT2D eigenvalue weighted by molar-refractivity contribution is -0.274. The SMILES string of the molecule is Cn1nccc1C(=O)NCC(=O)Nc1ccc(OC(F)(F)F)cc1. The van der Waals surface area contributed by atoms with Gasteiger partial charge in [-0.3, -0.25) is 14.3 Å². The largest absolute Gasteiger partial charge is 0.573 e. The van der Waals surface area contributed by atoms with Gasteiger partial charge in [0.05, 0.1) is 6.54 Å². The molecule has 0 spiro atoms. The highest BCUT2D eigenvalue weighted by Gasteiger charge is 2.30. The summed E-state index contributed by atoms with van der Waals surface area (Å²) in [6.07, 6.45) is -3.33. The monoisotopic (exact) mass is 342 g/mol. The van der Waals surface area contributed by atoms with Crippen molar-refractivity contribution in [3.8, 4) is 5.75 Å². The van der Waals surface area contributed by atoms with Crippen molar-refractivity contribution < 1.29 is 27.5 Å². The number of hydrogen-bond donors (Lipinski definition) is 2. The van der Waals surface area contributed by atoms with Crippen LogP contribution >= 0.6 is 0 Å². The lowest BCUT2D eigenvalue weighted by atomic mass is 10.3. The number of carbonyl (C=O) groups excluding carboxylic acids is 2. The quantitative estimate of drug-likeness (QED) is 0.866. The average Bonchev–Trinajstić information content (AvgIpc) is 2.91. The second-order valence-corrected chi connectivity index (χ2v) is 4.64. The van der Waals surface area contributed by atoms with Crippen LogP contribution in [0, 0.1) is 0 Å². The number of alkyl halides is 3. The van der Waals surface area contributed by atoms with Gasteiger partial charge < -0.3 is 15.4 Å². The summed E-state index contributed by atoms with van der Waals surface area (Å²) in [5.41, 5.74) is 0.556. The van der Waals surface area contributed by atoms with E-state index in [0.29, 0.717) is 0 Å². The topological polar surface area (TPSA) is 85.2 Å². The van der Waals surface area contributed by atoms with Gasteiger partial charge in [-0.25, -0.2) is 0 Å². The van der Waals surface area contributed by atoms with Crippen molar-refractivity contribution in [1.29, 1.82) is 0 Å². The Morgan fingerprint density at radius 1 is 1.21 bits per heavy atom. The van der Waals surface area contributed by atoms with Gasteiger partial charge in [-0.15, -0.1) is 13.2 Å². The van der Waals surface area contributed by atoms with E-state index in [0.717, 1.165) is 12.1 Å². The molecule has 1 aromatic carbocycles. The highest BCUT2D eigenvalue weighted by molar-refractivity contribution is 5.98. The van der Waals surface area contributed by atoms with Crippen LogP contribution in [0.1, 0.15) is 10.5 Å². The first kappa shape index (κ1) is 17.3. The molecular weight excluding hydrogens is 329 g/mol. The maximum Gasteiger partial charge on any atom is 0.573 e. The van der Waals surface area contributed by atoms with Crippen LogP contribution in [0.3, 0.4) is 0 Å². The molecule has 1 heterocycles. The Balaban J connectivity index is 1.84. The van der Waals surface area contributed by atoms with Crippen LogP contribution in [0.15, 0.2) is 36.5 Å². The van der Waals surface area contributed by atoms with Crippen LogP contribution in [-0.2, 0) is 11.8 Å². The van der Waals surface area contributed by atoms with Gasteiger partial charge in [-0.2, -0.15) is 5.10 Å². The number of rotatable bonds is 5. The molecule has 0 saturated heterocycles. The van der Waals surface area contributed by atoms with Gasteiger partial charge >= 0.3 is 6.36 Å². The predicted molar refractivity (Wildman–Crippen MR) is 77.3 cm³/mol. The third kappa shape index (κ3) is 5.00. The zero-order valence-electron chi connectivity index (χ0n) is 12.4. The normalized spacial score (nSPS) is 11.0. The van der Waals surface area contributed by atoms with Gasteiger partial charge in [0.2, 0.25) is 5.91 Å². The van der Waals surface area contributed by atoms with Crippen molar-refractivity contribution in [3.63, 3.8) is 0 Å². The molecule has 0 fully saturated rings. The molecule has 10 heteroatoms. The number of nitrogens with zero attached hydrogens (tertiary/aromatic N) is 2. The predicted octanol–water partition coefficient (Wildman–Crippen LogP) is 1.69. The molecule has 7 nitrogen and oxygen atoms in total. The maximum absolute atomic E-state index is 12.0. The third-order valence-corrected chi connectivity index (χ3v) is 2.83. The third-order valence-electron chi connectivity index (χ3n) is 2.83. The van der Waals surface area contributed by atoms with E-state index in [4.69, 9.17) is 0 Å². The number of carbonyl (C=O) groups is 2. The highest BCUT2D eigenvalue weighted by Crippen LogP contribution is 2.23. The molecule has 2 amide bonds. The number of benzene rings is 1. The van der Waals surface area contributed by atoms with Crippen LogP contribution in [-0.4, -0.2) is 34.5 Å². The lowest BCUT2D eigenvalue weighted by Gasteiger charge is -2.10. The molecule has 0 atom stereocenters. The van der Waals surface area contributed by atoms with E-state index in [1.54, 1.807) is 7.05 Å². The van der Waals surface area contributed by atoms with E-state index in [-0.39, 0.29) is 17.9 Å². The number of aromatic nitrogens is 2. The number of aryl methyl sites for hydroxylation is 1. The van der Waals surface area contributed by atoms with Gasteiger partial charge in [0, 0.05) is 18.9 Å². The molecule has 0 bridgehead atoms. The Morgan fingerprint density at radius 3 is 2.42 bits per heavy atom. The van der Waals surface area contributed by atoms with Gasteiger partial charge in [-0.05, 0) is 30.3 Å². The molecule has 2 aromatic rings. The number of anilines is 1. The molecule has 2 N–H and O–H groups in total. The summed E-state index contributed by atoms with van der Waals surface area (Å²) in [5, 5.41) is 8.67. The highest BCUT2D eigenvalue weighted by atomic mass is 19.4. The fourth-order valence-corrected chi connectivity index (χ4v) is 1.79. The Hall–Kier alpha value is -3.04. The van der Waals surface area contributed by atoms with E-state index in [1.807, 2.05) is 0 Å². The fraction of sp³-hybridized carbons (Fsp3) is 0.214. The molecule has 1 aromatic heterocycles. The van der Waals surface area contributed by atoms with Crippen molar-refractivity contribution in [2.45, 2.75) is 6.36 Å². The molecule has 0 aliphatic carbocycles. The van der Waals surface area contributed by atoms with E-state index in [9.17, 15) is 22.8 Å². The summed E-state index contributed by atoms with van der Waals surface area (Å²) >= 11 is 0. The Kier molecular flexibility index (Phi) is 5.07. The lowest BCUT2D eigenvalue weighted by Crippen LogP contribution is -2.33. The summed E-state index contributed by atoms with van der Waals surface area (Å²) in [7, 11) is 1.58. The van der Waals surface area contributed by atoms with Crippen LogP contribution in [0.4, 0.5) is 18.9 Å². The first-order valence-corrected chi connectivity index (χ1v) is 6.66. The summed E-state index contributed by atoms with van der Waals surface area (Å²) in [6, 6.07) is 6.13. The zero-order chi connectivity index (χ0) is 17.7. The molecule has 24 heavy (non-hydrogen) atoms. The van der Waals surface area contributed by atoms with Gasteiger partial charge in [0.25, 0.3) is 5.91 Å². The summed E-state index contributed by atoms with van der Waals surface area (Å²) in [6.45, 7) is -0.301. The Labute approximate surface area is 134 Å². The first-order valence-electron chi connectivity index (χ1n) is 6.66. The van der Waals surface area contributed by atoms with Crippen molar-refractivity contribution in [2.75, 3.05) is 11.9 Å². The summed E-state index contributed by atoms with van der Waals surface area (Å²) < 4.78 is 41.2. The molecular formula is C14H13F3N4O3. The van der Waals surface area contributed by atoms with E-state index >= 15 is 0 Å². The summed E-state index contributed by atoms with van der Waals surface area (Å²) in [4.78, 5) is 23.5. The molecule has 0 aliphatic heterocycles. The minimum atomic E-state index is -4.78. The van der Waals surface area contributed by atoms with Crippen molar-refractivity contribution >= 4 is 17.5 Å². The van der Waals surface area contributed by atoms with Crippen molar-refractivity contribution in [1.82, 2.24) is 15.1 Å². The van der Waals surface area contributed by atoms with Crippen LogP contribution < -0.4 is 15.4 Å². The number of amides is 2. The summed E-state index contributed by atoms with van der Waals surface area (Å²) in [5.74, 6) is -1.40. The molecule has 0 radical (unpaired) electrons. The van der Waals surface area contributed by atoms with Crippen molar-refractivity contribution in [3.05, 3.63) is 42.2 Å². The van der Waals surface area contributed by atoms with Gasteiger partial charge in [0.15, 0.2) is 0 Å². The smallest absolute Gasteiger partial charge is 0.406 e. The maximum atomic E-state index is 12.0. The molecule has 128 valence electrons. The zero-order valence-corrected chi connectivity index (χ0v) is 12.4. The second kappa shape index (κ2) is 7.02. The number of hydrogen-bond acceptors (Lipinski definition) is 4. The van der Waals surface area contributed by atoms with Crippen LogP contribution in [0.25, 0.3) is 0 Å². The second-order valence-electron chi connectivity index (χ2n) is 4.64. The van der Waals surface area contributed by atoms with Crippen molar-refractivity contribution in [2.24, 2.45) is 7.05 Å². The molecule has 0 saturated carbocycles. The average molecular weight is 342 g/mol. The van der Waals surface area contributed by atoms with Crippen LogP contribution in [0.5, 0.6) is 5.75 Å². The molecule has 0 aliphatic rings. The number of ether oxygens (including phenoxy) is 1. The standard InChI is InChI=1S/C14H13F3N4O3/c1-21-11(6-7-19-21)13(23)18-8-12(22)20-9-2-4-10(5-3-9)24-14(15,16)17/h2-7H,8H2,1H3,(H,18,23)(H,20,22). The van der Waals surface area contributed by atoms with Crippen LogP contribution in [0.2, 0.25) is 0 Å². The molecule has 2 rings (SSSR count). The number of nitrogens with one attached hydrogen (secondary N) is 2. The van der Waals surface area contributed by atoms with E-state index in [1.165, 1.54) is 29.1 Å².